The highest BCUT2D eigenvalue weighted by molar-refractivity contribution is 5.83. The van der Waals surface area contributed by atoms with Gasteiger partial charge >= 0.3 is 0 Å². The first kappa shape index (κ1) is 23.3. The number of hydrogen-bond donors (Lipinski definition) is 0. The predicted molar refractivity (Wildman–Crippen MR) is 138 cm³/mol. The summed E-state index contributed by atoms with van der Waals surface area (Å²) in [4.78, 5) is 20.0. The molecule has 0 aliphatic carbocycles. The average Bonchev–Trinajstić information content (AvgIpc) is 2.75. The van der Waals surface area contributed by atoms with Crippen molar-refractivity contribution >= 4 is 21.9 Å². The molecule has 0 N–H and O–H groups in total. The fourth-order valence-corrected chi connectivity index (χ4v) is 4.39. The normalized spacial score (nSPS) is 13.1. The molecule has 0 bridgehead atoms. The third kappa shape index (κ3) is 4.23. The fraction of sp³-hybridized carbons (Fsp3) is 0.448. The van der Waals surface area contributed by atoms with Crippen LogP contribution in [0.4, 0.5) is 0 Å². The number of para-hydroxylation sites is 2. The molecule has 4 aromatic rings. The molecule has 0 saturated heterocycles. The summed E-state index contributed by atoms with van der Waals surface area (Å²) in [6, 6.07) is 14.8. The maximum Gasteiger partial charge on any atom is 0.129 e. The number of aryl methyl sites for hydroxylation is 1. The quantitative estimate of drug-likeness (QED) is 0.342. The summed E-state index contributed by atoms with van der Waals surface area (Å²) in [6.45, 7) is 19.9. The Kier molecular flexibility index (Phi) is 5.55. The van der Waals surface area contributed by atoms with Crippen LogP contribution in [0.15, 0.2) is 42.5 Å². The average molecular weight is 441 g/mol. The van der Waals surface area contributed by atoms with E-state index in [1.807, 2.05) is 24.3 Å². The molecule has 0 amide bonds. The van der Waals surface area contributed by atoms with Crippen LogP contribution in [-0.4, -0.2) is 19.9 Å². The number of benzene rings is 2. The minimum Gasteiger partial charge on any atom is -0.249 e. The molecule has 4 nitrogen and oxygen atoms in total. The van der Waals surface area contributed by atoms with Crippen LogP contribution < -0.4 is 0 Å². The second-order valence-corrected chi connectivity index (χ2v) is 11.6. The summed E-state index contributed by atoms with van der Waals surface area (Å²) in [5.74, 6) is 0.892. The van der Waals surface area contributed by atoms with Gasteiger partial charge < -0.3 is 0 Å². The Labute approximate surface area is 197 Å². The molecule has 172 valence electrons. The number of hydrogen-bond acceptors (Lipinski definition) is 4. The van der Waals surface area contributed by atoms with Gasteiger partial charge in [-0.2, -0.15) is 0 Å². The molecule has 33 heavy (non-hydrogen) atoms. The minimum atomic E-state index is -0.340. The minimum absolute atomic E-state index is 0.0502. The molecule has 4 rings (SSSR count). The molecule has 2 heterocycles. The van der Waals surface area contributed by atoms with E-state index in [9.17, 15) is 0 Å². The van der Waals surface area contributed by atoms with Crippen molar-refractivity contribution in [1.29, 1.82) is 0 Å². The van der Waals surface area contributed by atoms with E-state index < -0.39 is 0 Å². The Hall–Kier alpha value is -2.88. The molecule has 0 saturated carbocycles. The molecule has 0 radical (unpaired) electrons. The van der Waals surface area contributed by atoms with Gasteiger partial charge in [-0.05, 0) is 23.8 Å². The zero-order valence-electron chi connectivity index (χ0n) is 21.5. The lowest BCUT2D eigenvalue weighted by Crippen LogP contribution is -2.28. The topological polar surface area (TPSA) is 51.6 Å². The van der Waals surface area contributed by atoms with Crippen LogP contribution >= 0.6 is 0 Å². The first-order valence-corrected chi connectivity index (χ1v) is 11.9. The Balaban J connectivity index is 1.97. The number of aromatic nitrogens is 4. The van der Waals surface area contributed by atoms with E-state index in [1.54, 1.807) is 0 Å². The Bertz CT molecular complexity index is 1340. The van der Waals surface area contributed by atoms with E-state index in [0.29, 0.717) is 0 Å². The molecule has 0 fully saturated rings. The molecular formula is C29H36N4. The highest BCUT2D eigenvalue weighted by atomic mass is 14.9. The maximum absolute atomic E-state index is 5.17. The summed E-state index contributed by atoms with van der Waals surface area (Å²) < 4.78 is 0. The molecular weight excluding hydrogens is 404 g/mol. The first-order valence-electron chi connectivity index (χ1n) is 11.9. The van der Waals surface area contributed by atoms with Crippen LogP contribution in [0.1, 0.15) is 90.8 Å². The summed E-state index contributed by atoms with van der Waals surface area (Å²) in [6.07, 6.45) is 0.816. The Morgan fingerprint density at radius 2 is 1.18 bits per heavy atom. The zero-order valence-corrected chi connectivity index (χ0v) is 21.5. The fourth-order valence-electron chi connectivity index (χ4n) is 4.39. The molecule has 2 aromatic heterocycles. The van der Waals surface area contributed by atoms with Gasteiger partial charge in [0.1, 0.15) is 5.82 Å². The van der Waals surface area contributed by atoms with Gasteiger partial charge in [0.25, 0.3) is 0 Å². The molecule has 0 aliphatic heterocycles. The molecule has 2 aromatic carbocycles. The lowest BCUT2D eigenvalue weighted by atomic mass is 9.75. The molecule has 0 aliphatic rings. The second-order valence-electron chi connectivity index (χ2n) is 11.6. The standard InChI is InChI=1S/C29H36N4/c1-10-23-30-22-17-18(15-16-19(22)24(33-23)27(2,3)4)29(8,9)26-25(28(5,6)7)31-20-13-11-12-14-21(20)32-26/h11-17H,10H2,1-9H3. The SMILES string of the molecule is CCc1nc(C(C)(C)C)c2ccc(C(C)(C)c3nc4ccccc4nc3C(C)(C)C)cc2n1. The summed E-state index contributed by atoms with van der Waals surface area (Å²) in [5, 5.41) is 1.12. The van der Waals surface area contributed by atoms with Gasteiger partial charge in [0.15, 0.2) is 0 Å². The Morgan fingerprint density at radius 1 is 0.606 bits per heavy atom. The van der Waals surface area contributed by atoms with E-state index in [1.165, 1.54) is 5.56 Å². The van der Waals surface area contributed by atoms with Crippen molar-refractivity contribution in [2.75, 3.05) is 0 Å². The molecule has 0 spiro atoms. The second kappa shape index (κ2) is 7.86. The number of fused-ring (bicyclic) bond motifs is 2. The third-order valence-corrected chi connectivity index (χ3v) is 6.36. The van der Waals surface area contributed by atoms with Crippen molar-refractivity contribution in [2.24, 2.45) is 0 Å². The first-order chi connectivity index (χ1) is 15.3. The highest BCUT2D eigenvalue weighted by Crippen LogP contribution is 2.39. The van der Waals surface area contributed by atoms with Crippen molar-refractivity contribution in [3.8, 4) is 0 Å². The van der Waals surface area contributed by atoms with Gasteiger partial charge in [0.05, 0.1) is 33.6 Å². The van der Waals surface area contributed by atoms with Crippen molar-refractivity contribution < 1.29 is 0 Å². The highest BCUT2D eigenvalue weighted by Gasteiger charge is 2.34. The van der Waals surface area contributed by atoms with Gasteiger partial charge in [0, 0.05) is 28.1 Å². The van der Waals surface area contributed by atoms with Gasteiger partial charge in [-0.3, -0.25) is 0 Å². The number of nitrogens with zero attached hydrogens (tertiary/aromatic N) is 4. The largest absolute Gasteiger partial charge is 0.249 e. The molecule has 4 heteroatoms. The summed E-state index contributed by atoms with van der Waals surface area (Å²) >= 11 is 0. The van der Waals surface area contributed by atoms with Crippen LogP contribution in [-0.2, 0) is 22.7 Å². The van der Waals surface area contributed by atoms with Crippen molar-refractivity contribution in [2.45, 2.75) is 85.0 Å². The number of rotatable bonds is 3. The monoisotopic (exact) mass is 440 g/mol. The maximum atomic E-state index is 5.17. The van der Waals surface area contributed by atoms with Gasteiger partial charge in [-0.15, -0.1) is 0 Å². The van der Waals surface area contributed by atoms with E-state index >= 15 is 0 Å². The van der Waals surface area contributed by atoms with Crippen LogP contribution in [0.3, 0.4) is 0 Å². The van der Waals surface area contributed by atoms with Crippen molar-refractivity contribution in [3.63, 3.8) is 0 Å². The van der Waals surface area contributed by atoms with Crippen molar-refractivity contribution in [1.82, 2.24) is 19.9 Å². The van der Waals surface area contributed by atoms with Gasteiger partial charge in [-0.1, -0.05) is 86.6 Å². The van der Waals surface area contributed by atoms with Gasteiger partial charge in [0.2, 0.25) is 0 Å². The zero-order chi connectivity index (χ0) is 24.2. The van der Waals surface area contributed by atoms with E-state index in [0.717, 1.165) is 51.3 Å². The smallest absolute Gasteiger partial charge is 0.129 e. The predicted octanol–water partition coefficient (Wildman–Crippen LogP) is 7.06. The van der Waals surface area contributed by atoms with E-state index in [4.69, 9.17) is 19.9 Å². The lowest BCUT2D eigenvalue weighted by Gasteiger charge is -2.31. The van der Waals surface area contributed by atoms with Crippen molar-refractivity contribution in [3.05, 3.63) is 70.9 Å². The van der Waals surface area contributed by atoms with E-state index in [2.05, 4.69) is 80.5 Å². The van der Waals surface area contributed by atoms with E-state index in [-0.39, 0.29) is 16.2 Å². The van der Waals surface area contributed by atoms with Crippen LogP contribution in [0, 0.1) is 0 Å². The lowest BCUT2D eigenvalue weighted by molar-refractivity contribution is 0.521. The van der Waals surface area contributed by atoms with Crippen LogP contribution in [0.25, 0.3) is 21.9 Å². The molecule has 0 atom stereocenters. The summed E-state index contributed by atoms with van der Waals surface area (Å²) in [7, 11) is 0. The van der Waals surface area contributed by atoms with Crippen LogP contribution in [0.2, 0.25) is 0 Å². The summed E-state index contributed by atoms with van der Waals surface area (Å²) in [5.41, 5.74) is 6.71. The van der Waals surface area contributed by atoms with Gasteiger partial charge in [-0.25, -0.2) is 19.9 Å². The molecule has 0 unspecified atom stereocenters. The van der Waals surface area contributed by atoms with Crippen LogP contribution in [0.5, 0.6) is 0 Å². The Morgan fingerprint density at radius 3 is 1.73 bits per heavy atom. The third-order valence-electron chi connectivity index (χ3n) is 6.36.